The summed E-state index contributed by atoms with van der Waals surface area (Å²) in [5.74, 6) is 0.463. The second kappa shape index (κ2) is 5.34. The number of para-hydroxylation sites is 1. The molecule has 0 aliphatic carbocycles. The van der Waals surface area contributed by atoms with Crippen LogP contribution in [0.4, 0.5) is 0 Å². The number of rotatable bonds is 3. The number of hydrogen-bond acceptors (Lipinski definition) is 2. The van der Waals surface area contributed by atoms with E-state index in [2.05, 4.69) is 21.2 Å². The Morgan fingerprint density at radius 3 is 2.56 bits per heavy atom. The fraction of sp³-hybridized carbons (Fsp3) is 0.417. The molecule has 16 heavy (non-hydrogen) atoms. The van der Waals surface area contributed by atoms with Crippen molar-refractivity contribution in [3.05, 3.63) is 29.8 Å². The van der Waals surface area contributed by atoms with Crippen LogP contribution in [-0.4, -0.2) is 17.0 Å². The third kappa shape index (κ3) is 3.85. The molecule has 0 aromatic heterocycles. The first-order valence-electron chi connectivity index (χ1n) is 5.04. The van der Waals surface area contributed by atoms with Crippen LogP contribution in [0.2, 0.25) is 0 Å². The van der Waals surface area contributed by atoms with Gasteiger partial charge in [-0.1, -0.05) is 12.1 Å². The molecule has 0 heterocycles. The number of halogens is 1. The average Bonchev–Trinajstić information content (AvgIpc) is 2.16. The van der Waals surface area contributed by atoms with E-state index >= 15 is 0 Å². The Balaban J connectivity index is 2.90. The van der Waals surface area contributed by atoms with Crippen LogP contribution in [0.15, 0.2) is 24.3 Å². The maximum absolute atomic E-state index is 11.9. The lowest BCUT2D eigenvalue weighted by molar-refractivity contribution is 0.0916. The Bertz CT molecular complexity index is 372. The molecule has 4 heteroatoms. The molecule has 0 radical (unpaired) electrons. The van der Waals surface area contributed by atoms with Crippen LogP contribution in [0.3, 0.4) is 0 Å². The van der Waals surface area contributed by atoms with E-state index in [-0.39, 0.29) is 11.4 Å². The van der Waals surface area contributed by atoms with Crippen LogP contribution < -0.4 is 10.1 Å². The number of nitrogens with one attached hydrogen (secondary N) is 1. The van der Waals surface area contributed by atoms with Crippen LogP contribution >= 0.6 is 15.9 Å². The van der Waals surface area contributed by atoms with Crippen LogP contribution in [0.25, 0.3) is 0 Å². The van der Waals surface area contributed by atoms with E-state index in [1.165, 1.54) is 0 Å². The van der Waals surface area contributed by atoms with Crippen molar-refractivity contribution in [2.75, 3.05) is 5.52 Å². The van der Waals surface area contributed by atoms with Gasteiger partial charge in [0, 0.05) is 5.54 Å². The third-order valence-electron chi connectivity index (χ3n) is 1.83. The minimum Gasteiger partial charge on any atom is -0.482 e. The van der Waals surface area contributed by atoms with E-state index in [0.717, 1.165) is 0 Å². The Morgan fingerprint density at radius 2 is 2.00 bits per heavy atom. The summed E-state index contributed by atoms with van der Waals surface area (Å²) in [5.41, 5.74) is 0.669. The number of carbonyl (C=O) groups excluding carboxylic acids is 1. The van der Waals surface area contributed by atoms with Gasteiger partial charge >= 0.3 is 0 Å². The number of benzene rings is 1. The zero-order valence-corrected chi connectivity index (χ0v) is 11.3. The summed E-state index contributed by atoms with van der Waals surface area (Å²) >= 11 is 3.18. The van der Waals surface area contributed by atoms with E-state index in [9.17, 15) is 4.79 Å². The van der Waals surface area contributed by atoms with Gasteiger partial charge in [0.05, 0.1) is 5.56 Å². The van der Waals surface area contributed by atoms with E-state index in [1.807, 2.05) is 32.9 Å². The quantitative estimate of drug-likeness (QED) is 0.868. The molecule has 88 valence electrons. The molecule has 0 saturated carbocycles. The Morgan fingerprint density at radius 1 is 1.38 bits per heavy atom. The molecule has 0 spiro atoms. The second-order valence-corrected chi connectivity index (χ2v) is 4.91. The zero-order chi connectivity index (χ0) is 12.2. The average molecular weight is 286 g/mol. The first-order valence-corrected chi connectivity index (χ1v) is 6.16. The normalized spacial score (nSPS) is 11.0. The summed E-state index contributed by atoms with van der Waals surface area (Å²) in [5, 5.41) is 2.90. The van der Waals surface area contributed by atoms with Gasteiger partial charge in [-0.25, -0.2) is 0 Å². The fourth-order valence-corrected chi connectivity index (χ4v) is 1.49. The number of carbonyl (C=O) groups is 1. The summed E-state index contributed by atoms with van der Waals surface area (Å²) < 4.78 is 5.33. The molecule has 0 fully saturated rings. The Labute approximate surface area is 104 Å². The van der Waals surface area contributed by atoms with Gasteiger partial charge < -0.3 is 10.1 Å². The van der Waals surface area contributed by atoms with Crippen molar-refractivity contribution in [3.63, 3.8) is 0 Å². The number of amides is 1. The molecule has 1 aromatic carbocycles. The molecule has 0 aliphatic heterocycles. The largest absolute Gasteiger partial charge is 0.482 e. The Hall–Kier alpha value is -1.03. The molecule has 0 atom stereocenters. The highest BCUT2D eigenvalue weighted by molar-refractivity contribution is 9.09. The van der Waals surface area contributed by atoms with E-state index < -0.39 is 0 Å². The molecule has 1 N–H and O–H groups in total. The maximum atomic E-state index is 11.9. The van der Waals surface area contributed by atoms with Gasteiger partial charge in [0.1, 0.15) is 11.3 Å². The second-order valence-electron chi connectivity index (χ2n) is 4.45. The molecule has 1 rings (SSSR count). The Kier molecular flexibility index (Phi) is 4.35. The summed E-state index contributed by atoms with van der Waals surface area (Å²) in [6.45, 7) is 5.83. The van der Waals surface area contributed by atoms with Crippen molar-refractivity contribution in [2.45, 2.75) is 26.3 Å². The van der Waals surface area contributed by atoms with Crippen LogP contribution in [-0.2, 0) is 0 Å². The van der Waals surface area contributed by atoms with Crippen LogP contribution in [0, 0.1) is 0 Å². The standard InChI is InChI=1S/C12H16BrNO2/c1-12(2,3)14-11(15)9-6-4-5-7-10(9)16-8-13/h4-7H,8H2,1-3H3,(H,14,15). The number of alkyl halides is 1. The van der Waals surface area contributed by atoms with Crippen molar-refractivity contribution in [1.82, 2.24) is 5.32 Å². The fourth-order valence-electron chi connectivity index (χ4n) is 1.25. The summed E-state index contributed by atoms with van der Waals surface area (Å²) in [7, 11) is 0. The monoisotopic (exact) mass is 285 g/mol. The minimum atomic E-state index is -0.251. The summed E-state index contributed by atoms with van der Waals surface area (Å²) in [4.78, 5) is 11.9. The summed E-state index contributed by atoms with van der Waals surface area (Å²) in [6, 6.07) is 7.18. The van der Waals surface area contributed by atoms with E-state index in [1.54, 1.807) is 12.1 Å². The van der Waals surface area contributed by atoms with Crippen molar-refractivity contribution in [1.29, 1.82) is 0 Å². The highest BCUT2D eigenvalue weighted by Crippen LogP contribution is 2.19. The molecule has 0 unspecified atom stereocenters. The molecule has 1 amide bonds. The lowest BCUT2D eigenvalue weighted by Crippen LogP contribution is -2.40. The van der Waals surface area contributed by atoms with Crippen LogP contribution in [0.1, 0.15) is 31.1 Å². The highest BCUT2D eigenvalue weighted by Gasteiger charge is 2.18. The van der Waals surface area contributed by atoms with Gasteiger partial charge in [0.25, 0.3) is 5.91 Å². The molecule has 0 saturated heterocycles. The van der Waals surface area contributed by atoms with Gasteiger partial charge in [-0.05, 0) is 48.8 Å². The van der Waals surface area contributed by atoms with Gasteiger partial charge in [-0.15, -0.1) is 0 Å². The van der Waals surface area contributed by atoms with Crippen molar-refractivity contribution in [3.8, 4) is 5.75 Å². The lowest BCUT2D eigenvalue weighted by Gasteiger charge is -2.21. The van der Waals surface area contributed by atoms with E-state index in [0.29, 0.717) is 16.8 Å². The molecule has 0 aliphatic rings. The van der Waals surface area contributed by atoms with Gasteiger partial charge in [0.2, 0.25) is 0 Å². The molecule has 3 nitrogen and oxygen atoms in total. The molecule has 1 aromatic rings. The smallest absolute Gasteiger partial charge is 0.255 e. The molecular weight excluding hydrogens is 270 g/mol. The molecule has 0 bridgehead atoms. The lowest BCUT2D eigenvalue weighted by atomic mass is 10.1. The third-order valence-corrected chi connectivity index (χ3v) is 2.06. The minimum absolute atomic E-state index is 0.121. The highest BCUT2D eigenvalue weighted by atomic mass is 79.9. The van der Waals surface area contributed by atoms with Gasteiger partial charge in [-0.3, -0.25) is 4.79 Å². The number of hydrogen-bond donors (Lipinski definition) is 1. The van der Waals surface area contributed by atoms with Crippen molar-refractivity contribution < 1.29 is 9.53 Å². The van der Waals surface area contributed by atoms with Gasteiger partial charge in [-0.2, -0.15) is 0 Å². The first kappa shape index (κ1) is 13.0. The SMILES string of the molecule is CC(C)(C)NC(=O)c1ccccc1OCBr. The number of ether oxygens (including phenoxy) is 1. The predicted molar refractivity (Wildman–Crippen MR) is 68.1 cm³/mol. The topological polar surface area (TPSA) is 38.3 Å². The van der Waals surface area contributed by atoms with Crippen LogP contribution in [0.5, 0.6) is 5.75 Å². The van der Waals surface area contributed by atoms with Crippen molar-refractivity contribution >= 4 is 21.8 Å². The van der Waals surface area contributed by atoms with Crippen molar-refractivity contribution in [2.24, 2.45) is 0 Å². The van der Waals surface area contributed by atoms with Gasteiger partial charge in [0.15, 0.2) is 0 Å². The zero-order valence-electron chi connectivity index (χ0n) is 9.71. The maximum Gasteiger partial charge on any atom is 0.255 e. The first-order chi connectivity index (χ1) is 7.44. The molecular formula is C12H16BrNO2. The van der Waals surface area contributed by atoms with E-state index in [4.69, 9.17) is 4.74 Å². The summed E-state index contributed by atoms with van der Waals surface area (Å²) in [6.07, 6.45) is 0. The predicted octanol–water partition coefficient (Wildman–Crippen LogP) is 2.95.